The summed E-state index contributed by atoms with van der Waals surface area (Å²) in [5.74, 6) is -0.917. The van der Waals surface area contributed by atoms with E-state index in [2.05, 4.69) is 4.90 Å². The van der Waals surface area contributed by atoms with Crippen LogP contribution in [0.15, 0.2) is 12.2 Å². The monoisotopic (exact) mass is 185 g/mol. The van der Waals surface area contributed by atoms with Crippen molar-refractivity contribution in [1.82, 2.24) is 4.90 Å². The standard InChI is InChI=1S/C9H15NO3/c11-7-8-3-1-5-10(8)6-2-4-9(12)13/h2,4,8,11H,1,3,5-7H2,(H,12,13)/b4-2+/t8-/m0/s1. The van der Waals surface area contributed by atoms with Crippen molar-refractivity contribution in [3.05, 3.63) is 12.2 Å². The molecule has 4 nitrogen and oxygen atoms in total. The van der Waals surface area contributed by atoms with Crippen LogP contribution in [0.1, 0.15) is 12.8 Å². The molecule has 1 saturated heterocycles. The Bertz CT molecular complexity index is 203. The maximum absolute atomic E-state index is 10.2. The highest BCUT2D eigenvalue weighted by Crippen LogP contribution is 2.15. The van der Waals surface area contributed by atoms with Gasteiger partial charge in [0.25, 0.3) is 0 Å². The van der Waals surface area contributed by atoms with Crippen molar-refractivity contribution in [3.8, 4) is 0 Å². The first-order valence-corrected chi connectivity index (χ1v) is 4.48. The number of likely N-dealkylation sites (tertiary alicyclic amines) is 1. The summed E-state index contributed by atoms with van der Waals surface area (Å²) in [5.41, 5.74) is 0. The van der Waals surface area contributed by atoms with Crippen LogP contribution in [0, 0.1) is 0 Å². The molecule has 1 rings (SSSR count). The fourth-order valence-electron chi connectivity index (χ4n) is 1.63. The van der Waals surface area contributed by atoms with E-state index < -0.39 is 5.97 Å². The van der Waals surface area contributed by atoms with Crippen molar-refractivity contribution in [3.63, 3.8) is 0 Å². The topological polar surface area (TPSA) is 60.8 Å². The van der Waals surface area contributed by atoms with E-state index in [1.54, 1.807) is 6.08 Å². The lowest BCUT2D eigenvalue weighted by Crippen LogP contribution is -2.32. The van der Waals surface area contributed by atoms with Crippen LogP contribution in [0.3, 0.4) is 0 Å². The van der Waals surface area contributed by atoms with Crippen LogP contribution in [-0.2, 0) is 4.79 Å². The van der Waals surface area contributed by atoms with Crippen LogP contribution < -0.4 is 0 Å². The molecule has 74 valence electrons. The largest absolute Gasteiger partial charge is 0.478 e. The molecule has 2 N–H and O–H groups in total. The van der Waals surface area contributed by atoms with Gasteiger partial charge in [-0.3, -0.25) is 4.90 Å². The summed E-state index contributed by atoms with van der Waals surface area (Å²) < 4.78 is 0. The summed E-state index contributed by atoms with van der Waals surface area (Å²) in [5, 5.41) is 17.3. The van der Waals surface area contributed by atoms with Crippen molar-refractivity contribution in [2.45, 2.75) is 18.9 Å². The lowest BCUT2D eigenvalue weighted by molar-refractivity contribution is -0.131. The Balaban J connectivity index is 2.31. The number of rotatable bonds is 4. The minimum Gasteiger partial charge on any atom is -0.478 e. The molecule has 0 bridgehead atoms. The molecule has 4 heteroatoms. The quantitative estimate of drug-likeness (QED) is 0.609. The predicted molar refractivity (Wildman–Crippen MR) is 48.5 cm³/mol. The van der Waals surface area contributed by atoms with Crippen molar-refractivity contribution in [2.24, 2.45) is 0 Å². The molecule has 0 aliphatic carbocycles. The molecule has 0 radical (unpaired) electrons. The van der Waals surface area contributed by atoms with Gasteiger partial charge in [-0.15, -0.1) is 0 Å². The van der Waals surface area contributed by atoms with Crippen LogP contribution in [0.25, 0.3) is 0 Å². The zero-order chi connectivity index (χ0) is 9.68. The van der Waals surface area contributed by atoms with E-state index in [4.69, 9.17) is 10.2 Å². The average Bonchev–Trinajstić information content (AvgIpc) is 2.51. The van der Waals surface area contributed by atoms with Crippen molar-refractivity contribution < 1.29 is 15.0 Å². The maximum atomic E-state index is 10.2. The van der Waals surface area contributed by atoms with Crippen molar-refractivity contribution in [2.75, 3.05) is 19.7 Å². The second-order valence-corrected chi connectivity index (χ2v) is 3.21. The molecule has 0 aromatic rings. The number of aliphatic hydroxyl groups is 1. The van der Waals surface area contributed by atoms with Gasteiger partial charge in [-0.2, -0.15) is 0 Å². The van der Waals surface area contributed by atoms with E-state index in [1.807, 2.05) is 0 Å². The summed E-state index contributed by atoms with van der Waals surface area (Å²) >= 11 is 0. The molecule has 1 atom stereocenters. The summed E-state index contributed by atoms with van der Waals surface area (Å²) in [6.07, 6.45) is 4.87. The minimum atomic E-state index is -0.917. The second kappa shape index (κ2) is 4.99. The first-order valence-electron chi connectivity index (χ1n) is 4.48. The molecule has 1 fully saturated rings. The van der Waals surface area contributed by atoms with E-state index in [0.29, 0.717) is 6.54 Å². The van der Waals surface area contributed by atoms with Gasteiger partial charge in [0.05, 0.1) is 6.61 Å². The van der Waals surface area contributed by atoms with Gasteiger partial charge in [-0.25, -0.2) is 4.79 Å². The van der Waals surface area contributed by atoms with Gasteiger partial charge < -0.3 is 10.2 Å². The van der Waals surface area contributed by atoms with Crippen LogP contribution in [-0.4, -0.2) is 46.8 Å². The Hall–Kier alpha value is -0.870. The molecular weight excluding hydrogens is 170 g/mol. The fraction of sp³-hybridized carbons (Fsp3) is 0.667. The van der Waals surface area contributed by atoms with Gasteiger partial charge in [0, 0.05) is 18.7 Å². The number of aliphatic hydroxyl groups excluding tert-OH is 1. The molecule has 0 saturated carbocycles. The zero-order valence-corrected chi connectivity index (χ0v) is 7.52. The van der Waals surface area contributed by atoms with Crippen molar-refractivity contribution in [1.29, 1.82) is 0 Å². The van der Waals surface area contributed by atoms with Gasteiger partial charge >= 0.3 is 5.97 Å². The zero-order valence-electron chi connectivity index (χ0n) is 7.52. The lowest BCUT2D eigenvalue weighted by Gasteiger charge is -2.20. The number of hydrogen-bond donors (Lipinski definition) is 2. The summed E-state index contributed by atoms with van der Waals surface area (Å²) in [6, 6.07) is 0.221. The normalized spacial score (nSPS) is 24.2. The third-order valence-electron chi connectivity index (χ3n) is 2.31. The van der Waals surface area contributed by atoms with Crippen LogP contribution >= 0.6 is 0 Å². The molecule has 0 aromatic carbocycles. The van der Waals surface area contributed by atoms with Gasteiger partial charge in [0.2, 0.25) is 0 Å². The van der Waals surface area contributed by atoms with E-state index >= 15 is 0 Å². The Morgan fingerprint density at radius 1 is 1.62 bits per heavy atom. The molecule has 0 spiro atoms. The highest BCUT2D eigenvalue weighted by molar-refractivity contribution is 5.79. The van der Waals surface area contributed by atoms with Gasteiger partial charge in [0.1, 0.15) is 0 Å². The van der Waals surface area contributed by atoms with Crippen LogP contribution in [0.2, 0.25) is 0 Å². The highest BCUT2D eigenvalue weighted by Gasteiger charge is 2.21. The first kappa shape index (κ1) is 10.2. The third-order valence-corrected chi connectivity index (χ3v) is 2.31. The number of aliphatic carboxylic acids is 1. The highest BCUT2D eigenvalue weighted by atomic mass is 16.4. The lowest BCUT2D eigenvalue weighted by atomic mass is 10.2. The van der Waals surface area contributed by atoms with E-state index in [-0.39, 0.29) is 12.6 Å². The molecule has 1 aliphatic heterocycles. The molecule has 13 heavy (non-hydrogen) atoms. The molecular formula is C9H15NO3. The average molecular weight is 185 g/mol. The summed E-state index contributed by atoms with van der Waals surface area (Å²) in [6.45, 7) is 1.74. The van der Waals surface area contributed by atoms with Gasteiger partial charge in [-0.05, 0) is 19.4 Å². The number of carboxylic acid groups (broad SMARTS) is 1. The number of nitrogens with zero attached hydrogens (tertiary/aromatic N) is 1. The van der Waals surface area contributed by atoms with Crippen LogP contribution in [0.4, 0.5) is 0 Å². The van der Waals surface area contributed by atoms with E-state index in [0.717, 1.165) is 25.5 Å². The van der Waals surface area contributed by atoms with Crippen LogP contribution in [0.5, 0.6) is 0 Å². The first-order chi connectivity index (χ1) is 6.24. The van der Waals surface area contributed by atoms with E-state index in [1.165, 1.54) is 0 Å². The molecule has 0 unspecified atom stereocenters. The molecule has 1 heterocycles. The SMILES string of the molecule is O=C(O)/C=C/CN1CCC[C@H]1CO. The van der Waals surface area contributed by atoms with Gasteiger partial charge in [-0.1, -0.05) is 6.08 Å². The maximum Gasteiger partial charge on any atom is 0.328 e. The third kappa shape index (κ3) is 3.16. The van der Waals surface area contributed by atoms with E-state index in [9.17, 15) is 4.79 Å². The Labute approximate surface area is 77.5 Å². The Morgan fingerprint density at radius 2 is 2.38 bits per heavy atom. The molecule has 1 aliphatic rings. The Morgan fingerprint density at radius 3 is 3.00 bits per heavy atom. The summed E-state index contributed by atoms with van der Waals surface area (Å²) in [7, 11) is 0. The van der Waals surface area contributed by atoms with Crippen molar-refractivity contribution >= 4 is 5.97 Å². The number of carbonyl (C=O) groups is 1. The predicted octanol–water partition coefficient (Wildman–Crippen LogP) is 0.0839. The van der Waals surface area contributed by atoms with Gasteiger partial charge in [0.15, 0.2) is 0 Å². The Kier molecular flexibility index (Phi) is 3.92. The number of hydrogen-bond acceptors (Lipinski definition) is 3. The minimum absolute atomic E-state index is 0.168. The smallest absolute Gasteiger partial charge is 0.328 e. The summed E-state index contributed by atoms with van der Waals surface area (Å²) in [4.78, 5) is 12.3. The second-order valence-electron chi connectivity index (χ2n) is 3.21. The molecule has 0 amide bonds. The number of carboxylic acids is 1. The fourth-order valence-corrected chi connectivity index (χ4v) is 1.63. The molecule has 0 aromatic heterocycles.